The van der Waals surface area contributed by atoms with Gasteiger partial charge in [0.2, 0.25) is 0 Å². The number of nitrogens with one attached hydrogen (secondary N) is 2. The number of hydrogen-bond acceptors (Lipinski definition) is 3. The van der Waals surface area contributed by atoms with Gasteiger partial charge in [-0.1, -0.05) is 0 Å². The van der Waals surface area contributed by atoms with Crippen LogP contribution in [0.3, 0.4) is 0 Å². The van der Waals surface area contributed by atoms with Crippen molar-refractivity contribution in [2.75, 3.05) is 33.4 Å². The third-order valence-electron chi connectivity index (χ3n) is 4.18. The lowest BCUT2D eigenvalue weighted by molar-refractivity contribution is 0.0510. The van der Waals surface area contributed by atoms with E-state index in [9.17, 15) is 4.79 Å². The summed E-state index contributed by atoms with van der Waals surface area (Å²) in [7, 11) is 1.73. The molecule has 1 aliphatic rings. The van der Waals surface area contributed by atoms with E-state index in [4.69, 9.17) is 4.74 Å². The maximum Gasteiger partial charge on any atom is 0.267 e. The van der Waals surface area contributed by atoms with Crippen LogP contribution in [0.5, 0.6) is 0 Å². The zero-order chi connectivity index (χ0) is 15.3. The fraction of sp³-hybridized carbons (Fsp3) is 0.667. The van der Waals surface area contributed by atoms with Crippen molar-refractivity contribution in [3.05, 3.63) is 22.4 Å². The highest BCUT2D eigenvalue weighted by atomic mass is 79.9. The first kappa shape index (κ1) is 16.5. The van der Waals surface area contributed by atoms with E-state index >= 15 is 0 Å². The summed E-state index contributed by atoms with van der Waals surface area (Å²) in [5.41, 5.74) is 0.752. The SMILES string of the molecule is CCn1cc(Br)cc1C(=O)NCC1(COC)CCNCC1. The molecule has 1 fully saturated rings. The fourth-order valence-electron chi connectivity index (χ4n) is 2.92. The summed E-state index contributed by atoms with van der Waals surface area (Å²) in [4.78, 5) is 12.4. The molecule has 1 saturated heterocycles. The highest BCUT2D eigenvalue weighted by Gasteiger charge is 2.32. The van der Waals surface area contributed by atoms with Crippen molar-refractivity contribution in [1.29, 1.82) is 0 Å². The zero-order valence-corrected chi connectivity index (χ0v) is 14.3. The Kier molecular flexibility index (Phi) is 5.84. The molecule has 5 nitrogen and oxygen atoms in total. The Bertz CT molecular complexity index is 476. The van der Waals surface area contributed by atoms with E-state index in [1.54, 1.807) is 7.11 Å². The predicted octanol–water partition coefficient (Wildman–Crippen LogP) is 2.02. The van der Waals surface area contributed by atoms with E-state index in [0.717, 1.165) is 36.9 Å². The van der Waals surface area contributed by atoms with E-state index in [1.807, 2.05) is 23.8 Å². The van der Waals surface area contributed by atoms with Crippen molar-refractivity contribution < 1.29 is 9.53 Å². The summed E-state index contributed by atoms with van der Waals surface area (Å²) in [6.45, 7) is 6.12. The van der Waals surface area contributed by atoms with E-state index in [1.165, 1.54) is 0 Å². The van der Waals surface area contributed by atoms with Crippen molar-refractivity contribution in [3.63, 3.8) is 0 Å². The molecular formula is C15H24BrN3O2. The minimum Gasteiger partial charge on any atom is -0.384 e. The number of halogens is 1. The van der Waals surface area contributed by atoms with Gasteiger partial charge < -0.3 is 19.9 Å². The molecule has 1 aromatic rings. The Morgan fingerprint density at radius 3 is 2.86 bits per heavy atom. The molecule has 0 atom stereocenters. The van der Waals surface area contributed by atoms with E-state index in [2.05, 4.69) is 26.6 Å². The van der Waals surface area contributed by atoms with Crippen molar-refractivity contribution in [2.45, 2.75) is 26.3 Å². The lowest BCUT2D eigenvalue weighted by atomic mass is 9.79. The standard InChI is InChI=1S/C15H24BrN3O2/c1-3-19-9-12(16)8-13(19)14(20)18-10-15(11-21-2)4-6-17-7-5-15/h8-9,17H,3-7,10-11H2,1-2H3,(H,18,20). The number of amides is 1. The molecule has 2 N–H and O–H groups in total. The summed E-state index contributed by atoms with van der Waals surface area (Å²) in [5, 5.41) is 6.45. The molecule has 0 aromatic carbocycles. The Morgan fingerprint density at radius 2 is 2.24 bits per heavy atom. The molecule has 1 amide bonds. The topological polar surface area (TPSA) is 55.3 Å². The molecule has 0 saturated carbocycles. The van der Waals surface area contributed by atoms with Crippen LogP contribution in [0.25, 0.3) is 0 Å². The van der Waals surface area contributed by atoms with Gasteiger partial charge in [0.1, 0.15) is 5.69 Å². The number of carbonyl (C=O) groups is 1. The number of ether oxygens (including phenoxy) is 1. The first-order valence-corrected chi connectivity index (χ1v) is 8.23. The third-order valence-corrected chi connectivity index (χ3v) is 4.61. The van der Waals surface area contributed by atoms with Crippen LogP contribution in [0.4, 0.5) is 0 Å². The van der Waals surface area contributed by atoms with Crippen LogP contribution in [0, 0.1) is 5.41 Å². The van der Waals surface area contributed by atoms with Gasteiger partial charge in [0, 0.05) is 36.3 Å². The Morgan fingerprint density at radius 1 is 1.52 bits per heavy atom. The minimum absolute atomic E-state index is 0.0171. The summed E-state index contributed by atoms with van der Waals surface area (Å²) in [5.74, 6) is -0.0171. The Hall–Kier alpha value is -0.850. The van der Waals surface area contributed by atoms with Gasteiger partial charge in [0.25, 0.3) is 5.91 Å². The molecule has 6 heteroatoms. The molecule has 0 aliphatic carbocycles. The molecule has 0 bridgehead atoms. The van der Waals surface area contributed by atoms with Crippen molar-refractivity contribution in [2.24, 2.45) is 5.41 Å². The smallest absolute Gasteiger partial charge is 0.267 e. The van der Waals surface area contributed by atoms with Gasteiger partial charge in [0.05, 0.1) is 6.61 Å². The van der Waals surface area contributed by atoms with Gasteiger partial charge in [-0.25, -0.2) is 0 Å². The molecule has 2 rings (SSSR count). The molecule has 0 unspecified atom stereocenters. The van der Waals surface area contributed by atoms with E-state index < -0.39 is 0 Å². The van der Waals surface area contributed by atoms with Crippen LogP contribution < -0.4 is 10.6 Å². The second-order valence-corrected chi connectivity index (χ2v) is 6.61. The first-order valence-electron chi connectivity index (χ1n) is 7.44. The number of aromatic nitrogens is 1. The van der Waals surface area contributed by atoms with Gasteiger partial charge >= 0.3 is 0 Å². The van der Waals surface area contributed by atoms with Crippen LogP contribution >= 0.6 is 15.9 Å². The molecule has 1 aromatic heterocycles. The Balaban J connectivity index is 2.01. The molecular weight excluding hydrogens is 334 g/mol. The molecule has 2 heterocycles. The maximum atomic E-state index is 12.4. The minimum atomic E-state index is -0.0171. The lowest BCUT2D eigenvalue weighted by Crippen LogP contribution is -2.47. The summed E-state index contributed by atoms with van der Waals surface area (Å²) in [6.07, 6.45) is 3.99. The number of hydrogen-bond donors (Lipinski definition) is 2. The highest BCUT2D eigenvalue weighted by molar-refractivity contribution is 9.10. The third kappa shape index (κ3) is 4.08. The second kappa shape index (κ2) is 7.42. The fourth-order valence-corrected chi connectivity index (χ4v) is 3.38. The second-order valence-electron chi connectivity index (χ2n) is 5.70. The molecule has 0 spiro atoms. The van der Waals surface area contributed by atoms with Gasteiger partial charge in [-0.2, -0.15) is 0 Å². The number of aryl methyl sites for hydroxylation is 1. The molecule has 1 aliphatic heterocycles. The number of rotatable bonds is 6. The normalized spacial score (nSPS) is 17.7. The number of piperidine rings is 1. The maximum absolute atomic E-state index is 12.4. The van der Waals surface area contributed by atoms with Gasteiger partial charge in [-0.05, 0) is 54.9 Å². The predicted molar refractivity (Wildman–Crippen MR) is 86.6 cm³/mol. The van der Waals surface area contributed by atoms with Crippen molar-refractivity contribution in [1.82, 2.24) is 15.2 Å². The quantitative estimate of drug-likeness (QED) is 0.818. The van der Waals surface area contributed by atoms with Gasteiger partial charge in [0.15, 0.2) is 0 Å². The molecule has 118 valence electrons. The zero-order valence-electron chi connectivity index (χ0n) is 12.7. The van der Waals surface area contributed by atoms with Crippen LogP contribution in [-0.2, 0) is 11.3 Å². The van der Waals surface area contributed by atoms with Gasteiger partial charge in [-0.15, -0.1) is 0 Å². The van der Waals surface area contributed by atoms with Crippen LogP contribution in [0.1, 0.15) is 30.3 Å². The van der Waals surface area contributed by atoms with Crippen LogP contribution in [0.15, 0.2) is 16.7 Å². The monoisotopic (exact) mass is 357 g/mol. The average molecular weight is 358 g/mol. The van der Waals surface area contributed by atoms with Crippen LogP contribution in [0.2, 0.25) is 0 Å². The summed E-state index contributed by atoms with van der Waals surface area (Å²) < 4.78 is 8.26. The van der Waals surface area contributed by atoms with Gasteiger partial charge in [-0.3, -0.25) is 4.79 Å². The largest absolute Gasteiger partial charge is 0.384 e. The van der Waals surface area contributed by atoms with E-state index in [0.29, 0.717) is 18.8 Å². The molecule has 0 radical (unpaired) electrons. The summed E-state index contributed by atoms with van der Waals surface area (Å²) >= 11 is 3.43. The number of carbonyl (C=O) groups excluding carboxylic acids is 1. The van der Waals surface area contributed by atoms with Crippen LogP contribution in [-0.4, -0.2) is 43.8 Å². The summed E-state index contributed by atoms with van der Waals surface area (Å²) in [6, 6.07) is 1.87. The number of nitrogens with zero attached hydrogens (tertiary/aromatic N) is 1. The lowest BCUT2D eigenvalue weighted by Gasteiger charge is -2.37. The van der Waals surface area contributed by atoms with E-state index in [-0.39, 0.29) is 11.3 Å². The van der Waals surface area contributed by atoms with Crippen molar-refractivity contribution in [3.8, 4) is 0 Å². The number of methoxy groups -OCH3 is 1. The Labute approximate surface area is 134 Å². The van der Waals surface area contributed by atoms with Crippen molar-refractivity contribution >= 4 is 21.8 Å². The average Bonchev–Trinajstić information content (AvgIpc) is 2.87. The highest BCUT2D eigenvalue weighted by Crippen LogP contribution is 2.28. The first-order chi connectivity index (χ1) is 10.1. The molecule has 21 heavy (non-hydrogen) atoms.